The number of phenols is 3. The van der Waals surface area contributed by atoms with Gasteiger partial charge in [0.15, 0.2) is 5.78 Å². The van der Waals surface area contributed by atoms with Crippen LogP contribution >= 0.6 is 0 Å². The predicted molar refractivity (Wildman–Crippen MR) is 95.1 cm³/mol. The van der Waals surface area contributed by atoms with Crippen LogP contribution in [0.5, 0.6) is 23.0 Å². The van der Waals surface area contributed by atoms with Gasteiger partial charge in [0.25, 0.3) is 0 Å². The summed E-state index contributed by atoms with van der Waals surface area (Å²) < 4.78 is 5.77. The van der Waals surface area contributed by atoms with Gasteiger partial charge in [0, 0.05) is 23.5 Å². The van der Waals surface area contributed by atoms with Crippen molar-refractivity contribution in [3.63, 3.8) is 0 Å². The summed E-state index contributed by atoms with van der Waals surface area (Å²) in [5.74, 6) is -1.04. The number of ether oxygens (including phenoxy) is 1. The second-order valence-corrected chi connectivity index (χ2v) is 6.78. The van der Waals surface area contributed by atoms with Crippen LogP contribution in [0, 0.1) is 0 Å². The second-order valence-electron chi connectivity index (χ2n) is 6.78. The van der Waals surface area contributed by atoms with Gasteiger partial charge in [-0.05, 0) is 38.5 Å². The lowest BCUT2D eigenvalue weighted by atomic mass is 9.82. The standard InChI is InChI=1S/C20H22O6/c1-10(21)8-16(24)19-15(23)7-6-12(20(19)25)13-9-11(2)26-17-5-3-4-14(22)18(13)17/h3-7,10-11,13,21-23,25H,8-9H2,1-2H3/t10-,11+,13-/m1/s1. The first kappa shape index (κ1) is 18.1. The molecule has 1 aliphatic rings. The van der Waals surface area contributed by atoms with E-state index in [-0.39, 0.29) is 35.3 Å². The van der Waals surface area contributed by atoms with E-state index in [4.69, 9.17) is 4.74 Å². The monoisotopic (exact) mass is 358 g/mol. The van der Waals surface area contributed by atoms with Gasteiger partial charge in [0.05, 0.1) is 12.2 Å². The normalized spacial score (nSPS) is 20.1. The summed E-state index contributed by atoms with van der Waals surface area (Å²) in [6, 6.07) is 7.86. The van der Waals surface area contributed by atoms with E-state index >= 15 is 0 Å². The molecule has 138 valence electrons. The molecule has 3 rings (SSSR count). The number of hydrogen-bond acceptors (Lipinski definition) is 6. The van der Waals surface area contributed by atoms with Crippen LogP contribution in [0.2, 0.25) is 0 Å². The van der Waals surface area contributed by atoms with Gasteiger partial charge in [0.1, 0.15) is 28.6 Å². The van der Waals surface area contributed by atoms with E-state index in [2.05, 4.69) is 0 Å². The van der Waals surface area contributed by atoms with Crippen molar-refractivity contribution in [3.05, 3.63) is 47.0 Å². The average Bonchev–Trinajstić information content (AvgIpc) is 2.53. The summed E-state index contributed by atoms with van der Waals surface area (Å²) in [6.45, 7) is 3.35. The Kier molecular flexibility index (Phi) is 4.78. The van der Waals surface area contributed by atoms with Gasteiger partial charge in [-0.15, -0.1) is 0 Å². The van der Waals surface area contributed by atoms with Crippen molar-refractivity contribution in [2.45, 2.75) is 44.8 Å². The smallest absolute Gasteiger partial charge is 0.172 e. The van der Waals surface area contributed by atoms with Crippen molar-refractivity contribution >= 4 is 5.78 Å². The molecule has 6 heteroatoms. The molecule has 26 heavy (non-hydrogen) atoms. The lowest BCUT2D eigenvalue weighted by molar-refractivity contribution is 0.0896. The molecule has 0 radical (unpaired) electrons. The molecule has 0 unspecified atom stereocenters. The summed E-state index contributed by atoms with van der Waals surface area (Å²) in [5.41, 5.74) is 0.759. The lowest BCUT2D eigenvalue weighted by Gasteiger charge is -2.32. The molecule has 3 atom stereocenters. The number of aliphatic hydroxyl groups is 1. The Morgan fingerprint density at radius 1 is 1.19 bits per heavy atom. The second kappa shape index (κ2) is 6.88. The molecule has 2 aromatic rings. The topological polar surface area (TPSA) is 107 Å². The average molecular weight is 358 g/mol. The molecular formula is C20H22O6. The van der Waals surface area contributed by atoms with Crippen LogP contribution in [-0.4, -0.2) is 38.4 Å². The molecule has 0 fully saturated rings. The summed E-state index contributed by atoms with van der Waals surface area (Å²) in [4.78, 5) is 12.4. The first-order chi connectivity index (χ1) is 12.3. The van der Waals surface area contributed by atoms with Gasteiger partial charge in [-0.2, -0.15) is 0 Å². The van der Waals surface area contributed by atoms with Gasteiger partial charge >= 0.3 is 0 Å². The quantitative estimate of drug-likeness (QED) is 0.626. The highest BCUT2D eigenvalue weighted by atomic mass is 16.5. The fraction of sp³-hybridized carbons (Fsp3) is 0.350. The molecular weight excluding hydrogens is 336 g/mol. The number of aliphatic hydroxyl groups excluding tert-OH is 1. The van der Waals surface area contributed by atoms with Gasteiger partial charge in [-0.1, -0.05) is 12.1 Å². The number of carbonyl (C=O) groups is 1. The largest absolute Gasteiger partial charge is 0.508 e. The van der Waals surface area contributed by atoms with Gasteiger partial charge in [0.2, 0.25) is 0 Å². The third-order valence-corrected chi connectivity index (χ3v) is 4.61. The van der Waals surface area contributed by atoms with Crippen LogP contribution in [0.3, 0.4) is 0 Å². The van der Waals surface area contributed by atoms with Crippen molar-refractivity contribution in [3.8, 4) is 23.0 Å². The van der Waals surface area contributed by atoms with Crippen molar-refractivity contribution in [2.24, 2.45) is 0 Å². The van der Waals surface area contributed by atoms with Crippen molar-refractivity contribution in [2.75, 3.05) is 0 Å². The molecule has 0 saturated carbocycles. The fourth-order valence-corrected chi connectivity index (χ4v) is 3.51. The number of Topliss-reactive ketones (excluding diaryl/α,β-unsaturated/α-hetero) is 1. The van der Waals surface area contributed by atoms with Gasteiger partial charge in [-0.3, -0.25) is 4.79 Å². The first-order valence-corrected chi connectivity index (χ1v) is 8.54. The SMILES string of the molecule is C[C@@H](O)CC(=O)c1c(O)ccc([C@H]2C[C@H](C)Oc3cccc(O)c32)c1O. The van der Waals surface area contributed by atoms with Crippen LogP contribution in [0.25, 0.3) is 0 Å². The van der Waals surface area contributed by atoms with Crippen LogP contribution in [0.15, 0.2) is 30.3 Å². The van der Waals surface area contributed by atoms with E-state index in [1.165, 1.54) is 13.0 Å². The molecule has 1 heterocycles. The van der Waals surface area contributed by atoms with Crippen LogP contribution in [0.4, 0.5) is 0 Å². The van der Waals surface area contributed by atoms with Crippen molar-refractivity contribution in [1.29, 1.82) is 0 Å². The van der Waals surface area contributed by atoms with Crippen LogP contribution < -0.4 is 4.74 Å². The van der Waals surface area contributed by atoms with Crippen molar-refractivity contribution in [1.82, 2.24) is 0 Å². The Hall–Kier alpha value is -2.73. The maximum absolute atomic E-state index is 12.4. The van der Waals surface area contributed by atoms with Crippen LogP contribution in [-0.2, 0) is 0 Å². The highest BCUT2D eigenvalue weighted by Gasteiger charge is 2.33. The number of benzene rings is 2. The highest BCUT2D eigenvalue weighted by molar-refractivity contribution is 6.01. The summed E-state index contributed by atoms with van der Waals surface area (Å²) >= 11 is 0. The van der Waals surface area contributed by atoms with E-state index in [0.29, 0.717) is 23.3 Å². The number of phenolic OH excluding ortho intramolecular Hbond substituents is 3. The Balaban J connectivity index is 2.13. The fourth-order valence-electron chi connectivity index (χ4n) is 3.51. The Bertz CT molecular complexity index is 842. The third kappa shape index (κ3) is 3.20. The molecule has 4 N–H and O–H groups in total. The predicted octanol–water partition coefficient (Wildman–Crippen LogP) is 3.06. The first-order valence-electron chi connectivity index (χ1n) is 8.54. The maximum Gasteiger partial charge on any atom is 0.172 e. The molecule has 0 spiro atoms. The van der Waals surface area contributed by atoms with Gasteiger partial charge in [-0.25, -0.2) is 0 Å². The van der Waals surface area contributed by atoms with E-state index < -0.39 is 17.8 Å². The summed E-state index contributed by atoms with van der Waals surface area (Å²) in [7, 11) is 0. The molecule has 0 bridgehead atoms. The zero-order valence-electron chi connectivity index (χ0n) is 14.6. The highest BCUT2D eigenvalue weighted by Crippen LogP contribution is 2.48. The Morgan fingerprint density at radius 2 is 1.92 bits per heavy atom. The number of rotatable bonds is 4. The summed E-state index contributed by atoms with van der Waals surface area (Å²) in [5, 5.41) is 40.5. The maximum atomic E-state index is 12.4. The zero-order chi connectivity index (χ0) is 19.0. The third-order valence-electron chi connectivity index (χ3n) is 4.61. The van der Waals surface area contributed by atoms with Gasteiger partial charge < -0.3 is 25.2 Å². The molecule has 0 aromatic heterocycles. The number of fused-ring (bicyclic) bond motifs is 1. The molecule has 0 saturated heterocycles. The van der Waals surface area contributed by atoms with E-state index in [1.807, 2.05) is 6.92 Å². The minimum absolute atomic E-state index is 0.0451. The number of carbonyl (C=O) groups excluding carboxylic acids is 1. The molecule has 6 nitrogen and oxygen atoms in total. The number of aromatic hydroxyl groups is 3. The number of hydrogen-bond donors (Lipinski definition) is 4. The molecule has 0 amide bonds. The van der Waals surface area contributed by atoms with E-state index in [9.17, 15) is 25.2 Å². The van der Waals surface area contributed by atoms with E-state index in [1.54, 1.807) is 24.3 Å². The molecule has 0 aliphatic carbocycles. The Labute approximate surface area is 151 Å². The minimum Gasteiger partial charge on any atom is -0.508 e. The Morgan fingerprint density at radius 3 is 2.62 bits per heavy atom. The van der Waals surface area contributed by atoms with Crippen molar-refractivity contribution < 1.29 is 30.0 Å². The van der Waals surface area contributed by atoms with Crippen LogP contribution in [0.1, 0.15) is 54.1 Å². The summed E-state index contributed by atoms with van der Waals surface area (Å²) in [6.07, 6.45) is -0.763. The molecule has 1 aliphatic heterocycles. The molecule has 2 aromatic carbocycles. The minimum atomic E-state index is -0.891. The zero-order valence-corrected chi connectivity index (χ0v) is 14.6. The number of ketones is 1. The van der Waals surface area contributed by atoms with E-state index in [0.717, 1.165) is 0 Å². The lowest BCUT2D eigenvalue weighted by Crippen LogP contribution is -2.23.